The third-order valence-electron chi connectivity index (χ3n) is 3.05. The number of ether oxygens (including phenoxy) is 1. The Hall–Kier alpha value is -1.75. The van der Waals surface area contributed by atoms with Gasteiger partial charge in [-0.05, 0) is 25.3 Å². The zero-order chi connectivity index (χ0) is 12.8. The number of benzene rings is 1. The first-order valence-corrected chi connectivity index (χ1v) is 6.50. The van der Waals surface area contributed by atoms with Crippen LogP contribution < -0.4 is 0 Å². The van der Waals surface area contributed by atoms with Gasteiger partial charge in [-0.3, -0.25) is 4.79 Å². The lowest BCUT2D eigenvalue weighted by Crippen LogP contribution is -2.07. The van der Waals surface area contributed by atoms with Crippen molar-refractivity contribution in [3.63, 3.8) is 0 Å². The molecule has 0 bridgehead atoms. The topological polar surface area (TPSA) is 26.3 Å². The minimum atomic E-state index is -0.0835. The van der Waals surface area contributed by atoms with Crippen LogP contribution in [0.5, 0.6) is 0 Å². The molecule has 0 heterocycles. The van der Waals surface area contributed by atoms with Crippen molar-refractivity contribution >= 4 is 5.97 Å². The molecule has 1 aliphatic rings. The van der Waals surface area contributed by atoms with E-state index in [0.29, 0.717) is 6.61 Å². The molecule has 2 atom stereocenters. The summed E-state index contributed by atoms with van der Waals surface area (Å²) in [5.74, 6) is 6.52. The average molecular weight is 242 g/mol. The molecule has 1 saturated carbocycles. The molecule has 1 aromatic rings. The lowest BCUT2D eigenvalue weighted by atomic mass is 10.1. The number of hydrogen-bond acceptors (Lipinski definition) is 2. The van der Waals surface area contributed by atoms with Gasteiger partial charge < -0.3 is 4.74 Å². The fourth-order valence-electron chi connectivity index (χ4n) is 1.92. The molecule has 2 heteroatoms. The van der Waals surface area contributed by atoms with E-state index < -0.39 is 0 Å². The smallest absolute Gasteiger partial charge is 0.310 e. The van der Waals surface area contributed by atoms with Crippen molar-refractivity contribution in [2.24, 2.45) is 11.8 Å². The van der Waals surface area contributed by atoms with Crippen molar-refractivity contribution in [2.75, 3.05) is 6.61 Å². The molecule has 1 aromatic carbocycles. The van der Waals surface area contributed by atoms with Crippen molar-refractivity contribution in [1.29, 1.82) is 0 Å². The van der Waals surface area contributed by atoms with Gasteiger partial charge >= 0.3 is 5.97 Å². The second kappa shape index (κ2) is 6.26. The van der Waals surface area contributed by atoms with Gasteiger partial charge in [0.05, 0.1) is 12.5 Å². The van der Waals surface area contributed by atoms with Crippen LogP contribution in [0.3, 0.4) is 0 Å². The van der Waals surface area contributed by atoms with E-state index in [9.17, 15) is 4.79 Å². The van der Waals surface area contributed by atoms with Crippen molar-refractivity contribution < 1.29 is 9.53 Å². The molecule has 0 unspecified atom stereocenters. The van der Waals surface area contributed by atoms with Crippen molar-refractivity contribution in [3.05, 3.63) is 35.9 Å². The summed E-state index contributed by atoms with van der Waals surface area (Å²) in [6.07, 6.45) is 2.71. The van der Waals surface area contributed by atoms with Crippen LogP contribution in [0.4, 0.5) is 0 Å². The molecular formula is C16H18O2. The molecule has 18 heavy (non-hydrogen) atoms. The Morgan fingerprint density at radius 1 is 1.39 bits per heavy atom. The third-order valence-corrected chi connectivity index (χ3v) is 3.05. The lowest BCUT2D eigenvalue weighted by Gasteiger charge is -1.97. The standard InChI is InChI=1S/C16H18O2/c1-2-18-16(17)15-12-14(15)11-7-6-10-13-8-4-3-5-9-13/h3-5,8-9,14-15H,2,6,10,12H2,1H3/t14-,15-/m0/s1. The SMILES string of the molecule is CCOC(=O)[C@H]1C[C@@H]1C#CCCc1ccccc1. The van der Waals surface area contributed by atoms with Crippen LogP contribution in [0.1, 0.15) is 25.3 Å². The molecule has 0 aromatic heterocycles. The molecule has 0 radical (unpaired) electrons. The van der Waals surface area contributed by atoms with Gasteiger partial charge in [0.1, 0.15) is 0 Å². The number of rotatable bonds is 4. The largest absolute Gasteiger partial charge is 0.466 e. The van der Waals surface area contributed by atoms with E-state index in [1.165, 1.54) is 5.56 Å². The molecule has 0 saturated heterocycles. The van der Waals surface area contributed by atoms with Gasteiger partial charge in [-0.25, -0.2) is 0 Å². The highest BCUT2D eigenvalue weighted by molar-refractivity contribution is 5.76. The zero-order valence-electron chi connectivity index (χ0n) is 10.7. The molecule has 1 aliphatic carbocycles. The molecule has 94 valence electrons. The Bertz CT molecular complexity index is 453. The fraction of sp³-hybridized carbons (Fsp3) is 0.438. The number of carbonyl (C=O) groups is 1. The van der Waals surface area contributed by atoms with Crippen molar-refractivity contribution in [3.8, 4) is 11.8 Å². The van der Waals surface area contributed by atoms with Gasteiger partial charge in [-0.1, -0.05) is 36.3 Å². The second-order valence-electron chi connectivity index (χ2n) is 4.51. The minimum absolute atomic E-state index is 0.0363. The maximum absolute atomic E-state index is 11.4. The first kappa shape index (κ1) is 12.7. The van der Waals surface area contributed by atoms with Crippen molar-refractivity contribution in [2.45, 2.75) is 26.2 Å². The summed E-state index contributed by atoms with van der Waals surface area (Å²) in [4.78, 5) is 11.4. The maximum atomic E-state index is 11.4. The zero-order valence-corrected chi connectivity index (χ0v) is 10.7. The minimum Gasteiger partial charge on any atom is -0.466 e. The Kier molecular flexibility index (Phi) is 4.41. The predicted octanol–water partition coefficient (Wildman–Crippen LogP) is 2.82. The van der Waals surface area contributed by atoms with E-state index in [1.807, 2.05) is 25.1 Å². The number of carbonyl (C=O) groups excluding carboxylic acids is 1. The van der Waals surface area contributed by atoms with Crippen LogP contribution in [0, 0.1) is 23.7 Å². The Balaban J connectivity index is 1.70. The highest BCUT2D eigenvalue weighted by Crippen LogP contribution is 2.38. The summed E-state index contributed by atoms with van der Waals surface area (Å²) in [6.45, 7) is 2.30. The first-order chi connectivity index (χ1) is 8.81. The van der Waals surface area contributed by atoms with Crippen LogP contribution in [0.25, 0.3) is 0 Å². The molecule has 0 amide bonds. The van der Waals surface area contributed by atoms with E-state index in [1.54, 1.807) is 0 Å². The second-order valence-corrected chi connectivity index (χ2v) is 4.51. The third kappa shape index (κ3) is 3.63. The Morgan fingerprint density at radius 3 is 2.89 bits per heavy atom. The van der Waals surface area contributed by atoms with Gasteiger partial charge in [0, 0.05) is 12.3 Å². The highest BCUT2D eigenvalue weighted by atomic mass is 16.5. The van der Waals surface area contributed by atoms with Crippen LogP contribution in [0.15, 0.2) is 30.3 Å². The van der Waals surface area contributed by atoms with Crippen LogP contribution in [-0.4, -0.2) is 12.6 Å². The number of esters is 1. The molecule has 2 nitrogen and oxygen atoms in total. The summed E-state index contributed by atoms with van der Waals surface area (Å²) in [6, 6.07) is 10.3. The van der Waals surface area contributed by atoms with Gasteiger partial charge in [-0.2, -0.15) is 0 Å². The van der Waals surface area contributed by atoms with E-state index in [0.717, 1.165) is 19.3 Å². The molecular weight excluding hydrogens is 224 g/mol. The number of aryl methyl sites for hydroxylation is 1. The predicted molar refractivity (Wildman–Crippen MR) is 70.8 cm³/mol. The summed E-state index contributed by atoms with van der Waals surface area (Å²) < 4.78 is 4.96. The Labute approximate surface area is 108 Å². The summed E-state index contributed by atoms with van der Waals surface area (Å²) in [5, 5.41) is 0. The van der Waals surface area contributed by atoms with Crippen LogP contribution in [0.2, 0.25) is 0 Å². The normalized spacial score (nSPS) is 20.7. The van der Waals surface area contributed by atoms with Gasteiger partial charge in [0.15, 0.2) is 0 Å². The molecule has 0 aliphatic heterocycles. The molecule has 0 spiro atoms. The van der Waals surface area contributed by atoms with E-state index in [2.05, 4.69) is 24.0 Å². The van der Waals surface area contributed by atoms with Gasteiger partial charge in [-0.15, -0.1) is 5.92 Å². The van der Waals surface area contributed by atoms with Gasteiger partial charge in [0.2, 0.25) is 0 Å². The monoisotopic (exact) mass is 242 g/mol. The number of hydrogen-bond donors (Lipinski definition) is 0. The first-order valence-electron chi connectivity index (χ1n) is 6.50. The molecule has 0 N–H and O–H groups in total. The average Bonchev–Trinajstić information content (AvgIpc) is 3.16. The summed E-state index contributed by atoms with van der Waals surface area (Å²) in [5.41, 5.74) is 1.31. The van der Waals surface area contributed by atoms with Crippen LogP contribution in [-0.2, 0) is 16.0 Å². The van der Waals surface area contributed by atoms with Crippen molar-refractivity contribution in [1.82, 2.24) is 0 Å². The van der Waals surface area contributed by atoms with Gasteiger partial charge in [0.25, 0.3) is 0 Å². The maximum Gasteiger partial charge on any atom is 0.310 e. The quantitative estimate of drug-likeness (QED) is 0.599. The van der Waals surface area contributed by atoms with Crippen LogP contribution >= 0.6 is 0 Å². The fourth-order valence-corrected chi connectivity index (χ4v) is 1.92. The molecule has 1 fully saturated rings. The summed E-state index contributed by atoms with van der Waals surface area (Å²) >= 11 is 0. The lowest BCUT2D eigenvalue weighted by molar-refractivity contribution is -0.144. The van der Waals surface area contributed by atoms with E-state index >= 15 is 0 Å². The highest BCUT2D eigenvalue weighted by Gasteiger charge is 2.43. The Morgan fingerprint density at radius 2 is 2.17 bits per heavy atom. The van der Waals surface area contributed by atoms with E-state index in [4.69, 9.17) is 4.74 Å². The summed E-state index contributed by atoms with van der Waals surface area (Å²) in [7, 11) is 0. The molecule has 2 rings (SSSR count). The van der Waals surface area contributed by atoms with E-state index in [-0.39, 0.29) is 17.8 Å².